The zero-order chi connectivity index (χ0) is 25.0. The van der Waals surface area contributed by atoms with Crippen LogP contribution in [0.2, 0.25) is 0 Å². The van der Waals surface area contributed by atoms with E-state index in [0.717, 1.165) is 11.3 Å². The summed E-state index contributed by atoms with van der Waals surface area (Å²) in [5.41, 5.74) is 8.08. The minimum Gasteiger partial charge on any atom is -0.487 e. The molecule has 0 radical (unpaired) electrons. The monoisotopic (exact) mass is 488 g/mol. The van der Waals surface area contributed by atoms with Gasteiger partial charge in [0, 0.05) is 43.5 Å². The summed E-state index contributed by atoms with van der Waals surface area (Å²) >= 11 is 0. The SMILES string of the molecule is CC1(C)Cc2cc(NC(=O)c3cnn4cccnc34)c(N3CCC(C(N)C(F)(F)F)CC3)cc2O1. The van der Waals surface area contributed by atoms with Crippen LogP contribution in [0.4, 0.5) is 24.5 Å². The second-order valence-corrected chi connectivity index (χ2v) is 9.81. The van der Waals surface area contributed by atoms with Gasteiger partial charge >= 0.3 is 6.18 Å². The van der Waals surface area contributed by atoms with Crippen molar-refractivity contribution < 1.29 is 22.7 Å². The van der Waals surface area contributed by atoms with E-state index in [1.807, 2.05) is 30.9 Å². The first-order valence-electron chi connectivity index (χ1n) is 11.5. The highest BCUT2D eigenvalue weighted by molar-refractivity contribution is 6.09. The second kappa shape index (κ2) is 8.40. The molecule has 0 aliphatic carbocycles. The lowest BCUT2D eigenvalue weighted by Gasteiger charge is -2.37. The minimum atomic E-state index is -4.42. The molecule has 2 aliphatic rings. The van der Waals surface area contributed by atoms with Crippen molar-refractivity contribution in [1.29, 1.82) is 0 Å². The molecule has 0 spiro atoms. The van der Waals surface area contributed by atoms with E-state index in [-0.39, 0.29) is 11.5 Å². The summed E-state index contributed by atoms with van der Waals surface area (Å²) in [6, 6.07) is 3.65. The molecule has 1 fully saturated rings. The normalized spacial score (nSPS) is 18.9. The van der Waals surface area contributed by atoms with Crippen LogP contribution in [0.25, 0.3) is 5.65 Å². The molecule has 2 aromatic heterocycles. The maximum Gasteiger partial charge on any atom is 0.403 e. The number of ether oxygens (including phenoxy) is 1. The number of rotatable bonds is 4. The van der Waals surface area contributed by atoms with Crippen LogP contribution in [0.3, 0.4) is 0 Å². The molecule has 1 unspecified atom stereocenters. The Balaban J connectivity index is 1.43. The highest BCUT2D eigenvalue weighted by atomic mass is 19.4. The molecule has 3 N–H and O–H groups in total. The summed E-state index contributed by atoms with van der Waals surface area (Å²) in [4.78, 5) is 19.4. The molecule has 1 saturated heterocycles. The maximum absolute atomic E-state index is 13.2. The molecule has 1 aromatic carbocycles. The molecule has 2 aliphatic heterocycles. The van der Waals surface area contributed by atoms with Crippen molar-refractivity contribution >= 4 is 22.9 Å². The van der Waals surface area contributed by atoms with Crippen LogP contribution < -0.4 is 20.7 Å². The van der Waals surface area contributed by atoms with Gasteiger partial charge in [-0.3, -0.25) is 4.79 Å². The van der Waals surface area contributed by atoms with E-state index >= 15 is 0 Å². The van der Waals surface area contributed by atoms with Gasteiger partial charge in [-0.2, -0.15) is 18.3 Å². The molecule has 0 bridgehead atoms. The first kappa shape index (κ1) is 23.4. The number of aromatic nitrogens is 3. The number of anilines is 2. The predicted molar refractivity (Wildman–Crippen MR) is 125 cm³/mol. The zero-order valence-corrected chi connectivity index (χ0v) is 19.5. The van der Waals surface area contributed by atoms with Crippen LogP contribution in [-0.4, -0.2) is 51.4 Å². The molecule has 0 saturated carbocycles. The fourth-order valence-corrected chi connectivity index (χ4v) is 4.94. The van der Waals surface area contributed by atoms with E-state index in [9.17, 15) is 18.0 Å². The quantitative estimate of drug-likeness (QED) is 0.580. The number of nitrogens with one attached hydrogen (secondary N) is 1. The lowest BCUT2D eigenvalue weighted by atomic mass is 9.89. The molecular weight excluding hydrogens is 461 g/mol. The van der Waals surface area contributed by atoms with Gasteiger partial charge in [0.15, 0.2) is 5.65 Å². The van der Waals surface area contributed by atoms with Gasteiger partial charge in [-0.1, -0.05) is 0 Å². The lowest BCUT2D eigenvalue weighted by molar-refractivity contribution is -0.160. The van der Waals surface area contributed by atoms with Gasteiger partial charge in [0.2, 0.25) is 0 Å². The Bertz CT molecular complexity index is 1260. The number of hydrogen-bond acceptors (Lipinski definition) is 6. The van der Waals surface area contributed by atoms with Gasteiger partial charge in [-0.25, -0.2) is 9.50 Å². The number of amides is 1. The van der Waals surface area contributed by atoms with Crippen LogP contribution in [-0.2, 0) is 6.42 Å². The van der Waals surface area contributed by atoms with Crippen LogP contribution in [0.15, 0.2) is 36.8 Å². The third-order valence-corrected chi connectivity index (χ3v) is 6.72. The highest BCUT2D eigenvalue weighted by Gasteiger charge is 2.43. The van der Waals surface area contributed by atoms with Crippen molar-refractivity contribution in [3.8, 4) is 5.75 Å². The number of carbonyl (C=O) groups excluding carboxylic acids is 1. The Morgan fingerprint density at radius 2 is 2.03 bits per heavy atom. The highest BCUT2D eigenvalue weighted by Crippen LogP contribution is 2.43. The average molecular weight is 489 g/mol. The van der Waals surface area contributed by atoms with Gasteiger partial charge < -0.3 is 20.7 Å². The number of nitrogens with two attached hydrogens (primary N) is 1. The van der Waals surface area contributed by atoms with Crippen LogP contribution >= 0.6 is 0 Å². The number of halogens is 3. The summed E-state index contributed by atoms with van der Waals surface area (Å²) in [6.07, 6.45) is 1.61. The van der Waals surface area contributed by atoms with E-state index in [0.29, 0.717) is 54.9 Å². The largest absolute Gasteiger partial charge is 0.487 e. The number of benzene rings is 1. The number of alkyl halides is 3. The number of hydrogen-bond donors (Lipinski definition) is 2. The molecule has 11 heteroatoms. The third kappa shape index (κ3) is 4.52. The third-order valence-electron chi connectivity index (χ3n) is 6.72. The van der Waals surface area contributed by atoms with Crippen molar-refractivity contribution in [2.75, 3.05) is 23.3 Å². The maximum atomic E-state index is 13.2. The standard InChI is InChI=1S/C24H27F3N6O2/c1-23(2)12-15-10-17(31-22(34)16-13-30-33-7-3-6-29-21(16)33)18(11-19(15)35-23)32-8-4-14(5-9-32)20(28)24(25,26)27/h3,6-7,10-11,13-14,20H,4-5,8-9,12,28H2,1-2H3,(H,31,34). The number of fused-ring (bicyclic) bond motifs is 2. The zero-order valence-electron chi connectivity index (χ0n) is 19.5. The molecule has 8 nitrogen and oxygen atoms in total. The Hall–Kier alpha value is -3.34. The van der Waals surface area contributed by atoms with E-state index < -0.39 is 18.1 Å². The summed E-state index contributed by atoms with van der Waals surface area (Å²) < 4.78 is 47.0. The fourth-order valence-electron chi connectivity index (χ4n) is 4.94. The molecule has 186 valence electrons. The minimum absolute atomic E-state index is 0.301. The summed E-state index contributed by atoms with van der Waals surface area (Å²) in [5, 5.41) is 7.16. The second-order valence-electron chi connectivity index (χ2n) is 9.81. The number of piperidine rings is 1. The molecule has 1 amide bonds. The molecule has 35 heavy (non-hydrogen) atoms. The summed E-state index contributed by atoms with van der Waals surface area (Å²) in [6.45, 7) is 4.74. The summed E-state index contributed by atoms with van der Waals surface area (Å²) in [7, 11) is 0. The van der Waals surface area contributed by atoms with E-state index in [2.05, 4.69) is 15.4 Å². The van der Waals surface area contributed by atoms with E-state index in [1.54, 1.807) is 18.5 Å². The Morgan fingerprint density at radius 1 is 1.29 bits per heavy atom. The molecule has 3 aromatic rings. The molecule has 5 rings (SSSR count). The van der Waals surface area contributed by atoms with Gasteiger partial charge in [0.1, 0.15) is 23.0 Å². The van der Waals surface area contributed by atoms with E-state index in [1.165, 1.54) is 10.7 Å². The van der Waals surface area contributed by atoms with Crippen LogP contribution in [0.5, 0.6) is 5.75 Å². The Morgan fingerprint density at radius 3 is 2.74 bits per heavy atom. The van der Waals surface area contributed by atoms with Crippen molar-refractivity contribution in [1.82, 2.24) is 14.6 Å². The Labute approximate surface area is 200 Å². The van der Waals surface area contributed by atoms with Crippen molar-refractivity contribution in [3.63, 3.8) is 0 Å². The fraction of sp³-hybridized carbons (Fsp3) is 0.458. The van der Waals surface area contributed by atoms with Gasteiger partial charge in [-0.15, -0.1) is 0 Å². The van der Waals surface area contributed by atoms with Crippen LogP contribution in [0.1, 0.15) is 42.6 Å². The van der Waals surface area contributed by atoms with Crippen molar-refractivity contribution in [3.05, 3.63) is 47.9 Å². The lowest BCUT2D eigenvalue weighted by Crippen LogP contribution is -2.48. The van der Waals surface area contributed by atoms with Crippen molar-refractivity contribution in [2.45, 2.75) is 50.9 Å². The average Bonchev–Trinajstić information content (AvgIpc) is 3.36. The van der Waals surface area contributed by atoms with Crippen LogP contribution in [0, 0.1) is 5.92 Å². The Kier molecular flexibility index (Phi) is 5.62. The topological polar surface area (TPSA) is 97.8 Å². The molecule has 4 heterocycles. The van der Waals surface area contributed by atoms with Gasteiger partial charge in [0.05, 0.1) is 17.6 Å². The van der Waals surface area contributed by atoms with Gasteiger partial charge in [0.25, 0.3) is 5.91 Å². The first-order valence-corrected chi connectivity index (χ1v) is 11.5. The predicted octanol–water partition coefficient (Wildman–Crippen LogP) is 3.80. The number of nitrogens with zero attached hydrogens (tertiary/aromatic N) is 4. The van der Waals surface area contributed by atoms with E-state index in [4.69, 9.17) is 10.5 Å². The van der Waals surface area contributed by atoms with Gasteiger partial charge in [-0.05, 0) is 44.7 Å². The summed E-state index contributed by atoms with van der Waals surface area (Å²) in [5.74, 6) is -0.291. The smallest absolute Gasteiger partial charge is 0.403 e. The molecule has 1 atom stereocenters. The number of carbonyl (C=O) groups is 1. The first-order chi connectivity index (χ1) is 16.5. The van der Waals surface area contributed by atoms with Crippen molar-refractivity contribution in [2.24, 2.45) is 11.7 Å². The molecular formula is C24H27F3N6O2.